The summed E-state index contributed by atoms with van der Waals surface area (Å²) in [7, 11) is 0. The highest BCUT2D eigenvalue weighted by molar-refractivity contribution is 7.09. The van der Waals surface area contributed by atoms with Crippen LogP contribution in [-0.2, 0) is 6.42 Å². The molecular weight excluding hydrogens is 211 g/mol. The summed E-state index contributed by atoms with van der Waals surface area (Å²) in [4.78, 5) is 4.18. The fraction of sp³-hybridized carbons (Fsp3) is 0.727. The molecule has 2 bridgehead atoms. The van der Waals surface area contributed by atoms with E-state index in [-0.39, 0.29) is 0 Å². The van der Waals surface area contributed by atoms with Crippen LogP contribution in [0.4, 0.5) is 4.39 Å². The average Bonchev–Trinajstić information content (AvgIpc) is 2.76. The quantitative estimate of drug-likeness (QED) is 0.837. The molecular formula is C11H15FN2S. The van der Waals surface area contributed by atoms with Gasteiger partial charge in [-0.3, -0.25) is 0 Å². The summed E-state index contributed by atoms with van der Waals surface area (Å²) < 4.78 is 14.6. The Bertz CT molecular complexity index is 326. The van der Waals surface area contributed by atoms with Crippen molar-refractivity contribution in [3.05, 3.63) is 16.6 Å². The predicted molar refractivity (Wildman–Crippen MR) is 58.8 cm³/mol. The first kappa shape index (κ1) is 9.73. The van der Waals surface area contributed by atoms with E-state index in [1.165, 1.54) is 0 Å². The van der Waals surface area contributed by atoms with Crippen molar-refractivity contribution in [2.45, 2.75) is 49.9 Å². The molecule has 2 aliphatic rings. The van der Waals surface area contributed by atoms with Crippen LogP contribution < -0.4 is 5.32 Å². The van der Waals surface area contributed by atoms with Crippen molar-refractivity contribution < 1.29 is 4.39 Å². The van der Waals surface area contributed by atoms with E-state index in [1.807, 2.05) is 5.38 Å². The van der Waals surface area contributed by atoms with E-state index in [4.69, 9.17) is 0 Å². The molecule has 0 amide bonds. The van der Waals surface area contributed by atoms with Crippen LogP contribution in [0.2, 0.25) is 0 Å². The lowest BCUT2D eigenvalue weighted by atomic mass is 9.87. The Kier molecular flexibility index (Phi) is 2.29. The molecule has 3 heterocycles. The van der Waals surface area contributed by atoms with E-state index < -0.39 is 5.67 Å². The molecule has 0 saturated carbocycles. The van der Waals surface area contributed by atoms with Crippen LogP contribution in [-0.4, -0.2) is 22.7 Å². The van der Waals surface area contributed by atoms with Crippen molar-refractivity contribution in [3.8, 4) is 0 Å². The average molecular weight is 226 g/mol. The summed E-state index contributed by atoms with van der Waals surface area (Å²) in [6.07, 6.45) is 5.91. The van der Waals surface area contributed by atoms with Gasteiger partial charge in [0.2, 0.25) is 0 Å². The van der Waals surface area contributed by atoms with Gasteiger partial charge in [0, 0.05) is 30.1 Å². The number of nitrogens with one attached hydrogen (secondary N) is 1. The molecule has 1 aromatic rings. The van der Waals surface area contributed by atoms with Gasteiger partial charge in [-0.05, 0) is 25.7 Å². The van der Waals surface area contributed by atoms with E-state index in [2.05, 4.69) is 10.3 Å². The summed E-state index contributed by atoms with van der Waals surface area (Å²) in [6.45, 7) is 0. The van der Waals surface area contributed by atoms with Crippen LogP contribution in [0.3, 0.4) is 0 Å². The monoisotopic (exact) mass is 226 g/mol. The molecule has 0 aromatic carbocycles. The zero-order valence-corrected chi connectivity index (χ0v) is 9.39. The van der Waals surface area contributed by atoms with Gasteiger partial charge in [-0.25, -0.2) is 9.37 Å². The molecule has 2 unspecified atom stereocenters. The highest BCUT2D eigenvalue weighted by Gasteiger charge is 2.44. The molecule has 2 saturated heterocycles. The minimum absolute atomic E-state index is 0.411. The summed E-state index contributed by atoms with van der Waals surface area (Å²) >= 11 is 1.57. The molecule has 0 spiro atoms. The van der Waals surface area contributed by atoms with Crippen molar-refractivity contribution in [2.75, 3.05) is 0 Å². The molecule has 82 valence electrons. The van der Waals surface area contributed by atoms with Crippen LogP contribution in [0.5, 0.6) is 0 Å². The second-order valence-electron chi connectivity index (χ2n) is 4.80. The number of alkyl halides is 1. The molecule has 2 aliphatic heterocycles. The first-order valence-electron chi connectivity index (χ1n) is 5.57. The van der Waals surface area contributed by atoms with Crippen molar-refractivity contribution in [2.24, 2.45) is 0 Å². The second-order valence-corrected chi connectivity index (χ2v) is 5.78. The van der Waals surface area contributed by atoms with E-state index in [0.717, 1.165) is 17.8 Å². The van der Waals surface area contributed by atoms with Crippen molar-refractivity contribution in [1.82, 2.24) is 10.3 Å². The van der Waals surface area contributed by atoms with Gasteiger partial charge in [-0.1, -0.05) is 0 Å². The SMILES string of the molecule is FC1(Cc2nccs2)CC2CCC(C1)N2. The first-order valence-corrected chi connectivity index (χ1v) is 6.45. The Morgan fingerprint density at radius 1 is 1.47 bits per heavy atom. The number of nitrogens with zero attached hydrogens (tertiary/aromatic N) is 1. The summed E-state index contributed by atoms with van der Waals surface area (Å²) in [5.74, 6) is 0. The number of hydrogen-bond donors (Lipinski definition) is 1. The lowest BCUT2D eigenvalue weighted by molar-refractivity contribution is 0.0893. The summed E-state index contributed by atoms with van der Waals surface area (Å²) in [5.41, 5.74) is -1.01. The van der Waals surface area contributed by atoms with Crippen LogP contribution in [0.15, 0.2) is 11.6 Å². The number of aromatic nitrogens is 1. The third-order valence-corrected chi connectivity index (χ3v) is 4.29. The number of piperidine rings is 1. The highest BCUT2D eigenvalue weighted by Crippen LogP contribution is 2.39. The number of thiazole rings is 1. The fourth-order valence-electron chi connectivity index (χ4n) is 2.95. The maximum Gasteiger partial charge on any atom is 0.120 e. The molecule has 0 aliphatic carbocycles. The molecule has 2 fully saturated rings. The lowest BCUT2D eigenvalue weighted by Crippen LogP contribution is -2.47. The van der Waals surface area contributed by atoms with E-state index in [1.54, 1.807) is 17.5 Å². The van der Waals surface area contributed by atoms with Gasteiger partial charge in [0.15, 0.2) is 0 Å². The standard InChI is InChI=1S/C11H15FN2S/c12-11(7-10-13-3-4-15-10)5-8-1-2-9(6-11)14-8/h3-4,8-9,14H,1-2,5-7H2. The van der Waals surface area contributed by atoms with Crippen molar-refractivity contribution in [1.29, 1.82) is 0 Å². The minimum atomic E-state index is -1.01. The summed E-state index contributed by atoms with van der Waals surface area (Å²) in [6, 6.07) is 0.822. The van der Waals surface area contributed by atoms with Gasteiger partial charge < -0.3 is 5.32 Å². The minimum Gasteiger partial charge on any atom is -0.311 e. The largest absolute Gasteiger partial charge is 0.311 e. The Morgan fingerprint density at radius 2 is 2.20 bits per heavy atom. The Morgan fingerprint density at radius 3 is 2.80 bits per heavy atom. The molecule has 3 rings (SSSR count). The van der Waals surface area contributed by atoms with Gasteiger partial charge in [-0.2, -0.15) is 0 Å². The van der Waals surface area contributed by atoms with Gasteiger partial charge in [0.05, 0.1) is 5.01 Å². The molecule has 4 heteroatoms. The van der Waals surface area contributed by atoms with Gasteiger partial charge in [0.25, 0.3) is 0 Å². The Labute approximate surface area is 92.9 Å². The molecule has 1 aromatic heterocycles. The smallest absolute Gasteiger partial charge is 0.120 e. The number of rotatable bonds is 2. The predicted octanol–water partition coefficient (Wildman–Crippen LogP) is 2.31. The maximum absolute atomic E-state index is 14.6. The third kappa shape index (κ3) is 1.93. The topological polar surface area (TPSA) is 24.9 Å². The molecule has 2 atom stereocenters. The number of halogens is 1. The first-order chi connectivity index (χ1) is 7.23. The fourth-order valence-corrected chi connectivity index (χ4v) is 3.69. The zero-order chi connectivity index (χ0) is 10.3. The van der Waals surface area contributed by atoms with Crippen LogP contribution in [0, 0.1) is 0 Å². The van der Waals surface area contributed by atoms with Gasteiger partial charge in [-0.15, -0.1) is 11.3 Å². The lowest BCUT2D eigenvalue weighted by Gasteiger charge is -2.34. The number of fused-ring (bicyclic) bond motifs is 2. The molecule has 1 N–H and O–H groups in total. The Hall–Kier alpha value is -0.480. The van der Waals surface area contributed by atoms with E-state index in [0.29, 0.717) is 31.3 Å². The molecule has 15 heavy (non-hydrogen) atoms. The van der Waals surface area contributed by atoms with Crippen molar-refractivity contribution in [3.63, 3.8) is 0 Å². The highest BCUT2D eigenvalue weighted by atomic mass is 32.1. The van der Waals surface area contributed by atoms with Crippen LogP contribution in [0.25, 0.3) is 0 Å². The maximum atomic E-state index is 14.6. The Balaban J connectivity index is 1.74. The van der Waals surface area contributed by atoms with E-state index >= 15 is 0 Å². The zero-order valence-electron chi connectivity index (χ0n) is 8.58. The van der Waals surface area contributed by atoms with Gasteiger partial charge in [0.1, 0.15) is 5.67 Å². The normalized spacial score (nSPS) is 39.5. The number of hydrogen-bond acceptors (Lipinski definition) is 3. The third-order valence-electron chi connectivity index (χ3n) is 3.51. The van der Waals surface area contributed by atoms with Gasteiger partial charge >= 0.3 is 0 Å². The summed E-state index contributed by atoms with van der Waals surface area (Å²) in [5, 5.41) is 6.34. The second kappa shape index (κ2) is 3.52. The van der Waals surface area contributed by atoms with Crippen molar-refractivity contribution >= 4 is 11.3 Å². The van der Waals surface area contributed by atoms with Crippen LogP contribution >= 0.6 is 11.3 Å². The molecule has 0 radical (unpaired) electrons. The molecule has 2 nitrogen and oxygen atoms in total. The van der Waals surface area contributed by atoms with E-state index in [9.17, 15) is 4.39 Å². The van der Waals surface area contributed by atoms with Crippen LogP contribution in [0.1, 0.15) is 30.7 Å².